The molecular weight excluding hydrogens is 434 g/mol. The molecule has 0 aromatic heterocycles. The summed E-state index contributed by atoms with van der Waals surface area (Å²) >= 11 is 0. The van der Waals surface area contributed by atoms with Crippen LogP contribution in [-0.2, 0) is 14.3 Å². The molecule has 1 amide bonds. The Labute approximate surface area is 200 Å². The summed E-state index contributed by atoms with van der Waals surface area (Å²) in [4.78, 5) is 27.7. The van der Waals surface area contributed by atoms with Crippen molar-refractivity contribution in [2.24, 2.45) is 0 Å². The molecule has 0 radical (unpaired) electrons. The Morgan fingerprint density at radius 2 is 1.71 bits per heavy atom. The highest BCUT2D eigenvalue weighted by molar-refractivity contribution is 6.46. The van der Waals surface area contributed by atoms with Crippen LogP contribution in [0.5, 0.6) is 11.5 Å². The van der Waals surface area contributed by atoms with E-state index >= 15 is 0 Å². The zero-order chi connectivity index (χ0) is 24.8. The van der Waals surface area contributed by atoms with Gasteiger partial charge in [0.2, 0.25) is 0 Å². The van der Waals surface area contributed by atoms with Crippen LogP contribution < -0.4 is 9.47 Å². The van der Waals surface area contributed by atoms with E-state index in [0.29, 0.717) is 42.2 Å². The number of hydrogen-bond donors (Lipinski definition) is 1. The lowest BCUT2D eigenvalue weighted by Gasteiger charge is -2.25. The minimum atomic E-state index is -0.735. The summed E-state index contributed by atoms with van der Waals surface area (Å²) in [7, 11) is 1.56. The quantitative estimate of drug-likeness (QED) is 0.236. The van der Waals surface area contributed by atoms with Crippen molar-refractivity contribution >= 4 is 17.4 Å². The second-order valence-corrected chi connectivity index (χ2v) is 8.73. The molecule has 1 N–H and O–H groups in total. The van der Waals surface area contributed by atoms with Crippen molar-refractivity contribution < 1.29 is 28.9 Å². The molecule has 2 aromatic rings. The van der Waals surface area contributed by atoms with E-state index in [0.717, 1.165) is 0 Å². The molecule has 7 nitrogen and oxygen atoms in total. The minimum Gasteiger partial charge on any atom is -0.507 e. The average Bonchev–Trinajstić information content (AvgIpc) is 3.06. The number of carbonyl (C=O) groups is 2. The van der Waals surface area contributed by atoms with E-state index in [2.05, 4.69) is 0 Å². The molecule has 0 saturated carbocycles. The molecule has 34 heavy (non-hydrogen) atoms. The van der Waals surface area contributed by atoms with Gasteiger partial charge in [0.05, 0.1) is 30.9 Å². The Balaban J connectivity index is 2.01. The predicted molar refractivity (Wildman–Crippen MR) is 130 cm³/mol. The van der Waals surface area contributed by atoms with E-state index in [9.17, 15) is 14.7 Å². The second-order valence-electron chi connectivity index (χ2n) is 8.73. The number of hydrogen-bond acceptors (Lipinski definition) is 6. The fourth-order valence-electron chi connectivity index (χ4n) is 3.94. The summed E-state index contributed by atoms with van der Waals surface area (Å²) in [5.74, 6) is -0.317. The topological polar surface area (TPSA) is 85.3 Å². The molecule has 1 atom stereocenters. The molecule has 0 bridgehead atoms. The third-order valence-electron chi connectivity index (χ3n) is 5.44. The van der Waals surface area contributed by atoms with Gasteiger partial charge in [0.25, 0.3) is 11.7 Å². The molecule has 182 valence electrons. The Kier molecular flexibility index (Phi) is 8.34. The van der Waals surface area contributed by atoms with Crippen LogP contribution in [0.25, 0.3) is 5.76 Å². The van der Waals surface area contributed by atoms with Crippen molar-refractivity contribution in [3.63, 3.8) is 0 Å². The largest absolute Gasteiger partial charge is 0.507 e. The monoisotopic (exact) mass is 467 g/mol. The number of aliphatic hydroxyl groups is 1. The molecule has 0 aliphatic carbocycles. The number of nitrogens with zero attached hydrogens (tertiary/aromatic N) is 1. The molecule has 1 heterocycles. The fourth-order valence-corrected chi connectivity index (χ4v) is 3.94. The number of carbonyl (C=O) groups excluding carboxylic acids is 2. The first-order valence-electron chi connectivity index (χ1n) is 11.5. The lowest BCUT2D eigenvalue weighted by molar-refractivity contribution is -0.140. The molecule has 1 aliphatic heterocycles. The number of benzene rings is 2. The Bertz CT molecular complexity index is 1040. The zero-order valence-corrected chi connectivity index (χ0v) is 20.4. The molecule has 1 fully saturated rings. The number of rotatable bonds is 10. The van der Waals surface area contributed by atoms with Crippen molar-refractivity contribution in [3.8, 4) is 11.5 Å². The number of likely N-dealkylation sites (tertiary alicyclic amines) is 1. The van der Waals surface area contributed by atoms with Gasteiger partial charge >= 0.3 is 0 Å². The Morgan fingerprint density at radius 3 is 2.32 bits per heavy atom. The maximum atomic E-state index is 13.1. The van der Waals surface area contributed by atoms with Crippen molar-refractivity contribution in [1.29, 1.82) is 0 Å². The number of amides is 1. The summed E-state index contributed by atoms with van der Waals surface area (Å²) in [5.41, 5.74) is 1.18. The van der Waals surface area contributed by atoms with Crippen molar-refractivity contribution in [2.75, 3.05) is 20.3 Å². The normalized spacial score (nSPS) is 17.6. The van der Waals surface area contributed by atoms with Crippen LogP contribution >= 0.6 is 0 Å². The lowest BCUT2D eigenvalue weighted by atomic mass is 9.95. The molecule has 1 aliphatic rings. The molecule has 1 unspecified atom stereocenters. The van der Waals surface area contributed by atoms with Crippen LogP contribution in [0.4, 0.5) is 0 Å². The van der Waals surface area contributed by atoms with Gasteiger partial charge in [-0.3, -0.25) is 9.59 Å². The van der Waals surface area contributed by atoms with Crippen LogP contribution in [0.15, 0.2) is 54.1 Å². The van der Waals surface area contributed by atoms with Gasteiger partial charge in [-0.05, 0) is 76.1 Å². The zero-order valence-electron chi connectivity index (χ0n) is 20.4. The highest BCUT2D eigenvalue weighted by Crippen LogP contribution is 2.40. The highest BCUT2D eigenvalue weighted by Gasteiger charge is 2.45. The number of ketones is 1. The third-order valence-corrected chi connectivity index (χ3v) is 5.44. The van der Waals surface area contributed by atoms with Gasteiger partial charge in [-0.25, -0.2) is 0 Å². The van der Waals surface area contributed by atoms with Gasteiger partial charge in [0.1, 0.15) is 17.3 Å². The fraction of sp³-hybridized carbons (Fsp3) is 0.407. The first-order chi connectivity index (χ1) is 16.2. The molecule has 7 heteroatoms. The number of methoxy groups -OCH3 is 1. The summed E-state index contributed by atoms with van der Waals surface area (Å²) in [5, 5.41) is 11.2. The Morgan fingerprint density at radius 1 is 1.00 bits per heavy atom. The molecule has 3 rings (SSSR count). The average molecular weight is 468 g/mol. The van der Waals surface area contributed by atoms with E-state index in [1.165, 1.54) is 4.90 Å². The molecule has 1 saturated heterocycles. The second kappa shape index (κ2) is 11.2. The molecule has 0 spiro atoms. The van der Waals surface area contributed by atoms with E-state index < -0.39 is 17.7 Å². The predicted octanol–water partition coefficient (Wildman–Crippen LogP) is 4.72. The van der Waals surface area contributed by atoms with Crippen LogP contribution in [-0.4, -0.2) is 54.2 Å². The van der Waals surface area contributed by atoms with Gasteiger partial charge < -0.3 is 24.2 Å². The maximum absolute atomic E-state index is 13.1. The van der Waals surface area contributed by atoms with Crippen molar-refractivity contribution in [2.45, 2.75) is 52.4 Å². The van der Waals surface area contributed by atoms with Crippen LogP contribution in [0.3, 0.4) is 0 Å². The summed E-state index contributed by atoms with van der Waals surface area (Å²) in [6, 6.07) is 13.3. The number of ether oxygens (including phenoxy) is 3. The van der Waals surface area contributed by atoms with E-state index in [1.54, 1.807) is 49.6 Å². The van der Waals surface area contributed by atoms with Gasteiger partial charge in [-0.15, -0.1) is 0 Å². The minimum absolute atomic E-state index is 0.0116. The lowest BCUT2D eigenvalue weighted by Crippen LogP contribution is -2.31. The van der Waals surface area contributed by atoms with Gasteiger partial charge in [0.15, 0.2) is 0 Å². The van der Waals surface area contributed by atoms with Crippen LogP contribution in [0, 0.1) is 0 Å². The Hall–Kier alpha value is -3.32. The van der Waals surface area contributed by atoms with E-state index in [-0.39, 0.29) is 23.5 Å². The highest BCUT2D eigenvalue weighted by atomic mass is 16.5. The first kappa shape index (κ1) is 25.3. The van der Waals surface area contributed by atoms with Crippen LogP contribution in [0.2, 0.25) is 0 Å². The first-order valence-corrected chi connectivity index (χ1v) is 11.5. The summed E-state index contributed by atoms with van der Waals surface area (Å²) in [6.45, 7) is 8.52. The van der Waals surface area contributed by atoms with Crippen LogP contribution in [0.1, 0.15) is 51.3 Å². The molecular formula is C27H33NO6. The number of Topliss-reactive ketones (excluding diaryl/α,β-unsaturated/α-hetero) is 1. The maximum Gasteiger partial charge on any atom is 0.295 e. The molecule has 2 aromatic carbocycles. The van der Waals surface area contributed by atoms with E-state index in [4.69, 9.17) is 14.2 Å². The van der Waals surface area contributed by atoms with Gasteiger partial charge in [-0.2, -0.15) is 0 Å². The van der Waals surface area contributed by atoms with Crippen molar-refractivity contribution in [3.05, 3.63) is 65.2 Å². The van der Waals surface area contributed by atoms with Gasteiger partial charge in [-0.1, -0.05) is 12.1 Å². The third kappa shape index (κ3) is 5.78. The summed E-state index contributed by atoms with van der Waals surface area (Å²) < 4.78 is 16.6. The standard InChI is InChI=1S/C27H33NO6/c1-17(2)33-15-7-14-28-24(20-8-6-9-22(16-20)32-5)23(26(30)27(28)31)25(29)19-10-12-21(13-11-19)34-18(3)4/h6,8-13,16-18,24,29H,7,14-15H2,1-5H3/b25-23-. The van der Waals surface area contributed by atoms with Gasteiger partial charge in [0, 0.05) is 18.7 Å². The summed E-state index contributed by atoms with van der Waals surface area (Å²) in [6.07, 6.45) is 0.650. The smallest absolute Gasteiger partial charge is 0.295 e. The van der Waals surface area contributed by atoms with Crippen molar-refractivity contribution in [1.82, 2.24) is 4.90 Å². The SMILES string of the molecule is COc1cccc(C2/C(=C(/O)c3ccc(OC(C)C)cc3)C(=O)C(=O)N2CCCOC(C)C)c1. The van der Waals surface area contributed by atoms with E-state index in [1.807, 2.05) is 33.8 Å². The number of aliphatic hydroxyl groups excluding tert-OH is 1.